The summed E-state index contributed by atoms with van der Waals surface area (Å²) in [7, 11) is 0. The van der Waals surface area contributed by atoms with E-state index in [1.54, 1.807) is 11.3 Å². The van der Waals surface area contributed by atoms with Crippen LogP contribution in [0.1, 0.15) is 48.6 Å². The summed E-state index contributed by atoms with van der Waals surface area (Å²) >= 11 is 0. The molecule has 0 saturated carbocycles. The van der Waals surface area contributed by atoms with Gasteiger partial charge in [0.05, 0.1) is 18.8 Å². The molecule has 1 aliphatic heterocycles. The largest absolute Gasteiger partial charge is 0.492 e. The van der Waals surface area contributed by atoms with Crippen LogP contribution in [0, 0.1) is 25.2 Å². The van der Waals surface area contributed by atoms with E-state index in [4.69, 9.17) is 9.57 Å². The lowest BCUT2D eigenvalue weighted by Gasteiger charge is -2.24. The monoisotopic (exact) mass is 486 g/mol. The first-order valence-corrected chi connectivity index (χ1v) is 12.5. The molecule has 1 N–H and O–H groups in total. The van der Waals surface area contributed by atoms with Crippen LogP contribution in [-0.2, 0) is 4.84 Å². The molecule has 1 aliphatic rings. The molecule has 1 aromatic heterocycles. The molecule has 1 saturated heterocycles. The maximum absolute atomic E-state index is 9.71. The van der Waals surface area contributed by atoms with Gasteiger partial charge in [-0.05, 0) is 55.8 Å². The standard InChI is InChI=1S/C28H34N6O2/c1-5-33(6-2)13-15-35-26-20(3)16-24(17-21(26)4)31-28-30-19-23(18-29)27(32-28)34-25(12-14-36-34)22-10-8-7-9-11-22/h7-11,16-17,19,25H,5-6,12-15H2,1-4H3,(H,30,31,32). The van der Waals surface area contributed by atoms with E-state index in [0.29, 0.717) is 30.5 Å². The Hall–Kier alpha value is -3.67. The zero-order chi connectivity index (χ0) is 25.5. The second-order valence-corrected chi connectivity index (χ2v) is 8.86. The van der Waals surface area contributed by atoms with Crippen molar-refractivity contribution in [3.63, 3.8) is 0 Å². The number of hydroxylamine groups is 1. The number of rotatable bonds is 10. The number of anilines is 3. The zero-order valence-corrected chi connectivity index (χ0v) is 21.5. The van der Waals surface area contributed by atoms with E-state index in [0.717, 1.165) is 54.2 Å². The predicted molar refractivity (Wildman–Crippen MR) is 141 cm³/mol. The minimum absolute atomic E-state index is 0.0155. The Morgan fingerprint density at radius 1 is 1.17 bits per heavy atom. The van der Waals surface area contributed by atoms with Gasteiger partial charge in [-0.15, -0.1) is 0 Å². The first kappa shape index (κ1) is 25.4. The highest BCUT2D eigenvalue weighted by molar-refractivity contribution is 5.62. The van der Waals surface area contributed by atoms with E-state index in [1.807, 2.05) is 44.2 Å². The van der Waals surface area contributed by atoms with E-state index in [2.05, 4.69) is 52.2 Å². The molecule has 1 atom stereocenters. The normalized spacial score (nSPS) is 15.2. The van der Waals surface area contributed by atoms with Crippen molar-refractivity contribution in [1.29, 1.82) is 5.26 Å². The molecule has 2 heterocycles. The van der Waals surface area contributed by atoms with Gasteiger partial charge < -0.3 is 15.0 Å². The van der Waals surface area contributed by atoms with Gasteiger partial charge in [0, 0.05) is 18.7 Å². The predicted octanol–water partition coefficient (Wildman–Crippen LogP) is 5.31. The summed E-state index contributed by atoms with van der Waals surface area (Å²) in [5.74, 6) is 1.77. The van der Waals surface area contributed by atoms with Crippen molar-refractivity contribution < 1.29 is 9.57 Å². The second kappa shape index (κ2) is 11.8. The molecule has 4 rings (SSSR count). The van der Waals surface area contributed by atoms with Gasteiger partial charge in [-0.25, -0.2) is 10.0 Å². The van der Waals surface area contributed by atoms with Gasteiger partial charge in [-0.2, -0.15) is 10.2 Å². The van der Waals surface area contributed by atoms with Crippen LogP contribution in [0.4, 0.5) is 17.5 Å². The van der Waals surface area contributed by atoms with E-state index < -0.39 is 0 Å². The van der Waals surface area contributed by atoms with Crippen molar-refractivity contribution in [2.75, 3.05) is 43.2 Å². The smallest absolute Gasteiger partial charge is 0.229 e. The third-order valence-electron chi connectivity index (χ3n) is 6.45. The summed E-state index contributed by atoms with van der Waals surface area (Å²) in [6.45, 7) is 12.5. The third kappa shape index (κ3) is 5.76. The molecule has 1 unspecified atom stereocenters. The number of hydrogen-bond donors (Lipinski definition) is 1. The summed E-state index contributed by atoms with van der Waals surface area (Å²) in [6, 6.07) is 16.4. The molecular formula is C28H34N6O2. The number of aromatic nitrogens is 2. The molecule has 8 heteroatoms. The number of hydrogen-bond acceptors (Lipinski definition) is 8. The molecule has 8 nitrogen and oxygen atoms in total. The molecule has 0 bridgehead atoms. The molecule has 0 aliphatic carbocycles. The van der Waals surface area contributed by atoms with Crippen molar-refractivity contribution in [2.45, 2.75) is 40.2 Å². The minimum atomic E-state index is -0.0155. The van der Waals surface area contributed by atoms with Gasteiger partial charge in [-0.3, -0.25) is 4.84 Å². The number of nitriles is 1. The van der Waals surface area contributed by atoms with Crippen LogP contribution in [0.5, 0.6) is 5.75 Å². The van der Waals surface area contributed by atoms with Gasteiger partial charge in [0.1, 0.15) is 24.0 Å². The first-order valence-electron chi connectivity index (χ1n) is 12.5. The first-order chi connectivity index (χ1) is 17.5. The number of likely N-dealkylation sites (N-methyl/N-ethyl adjacent to an activating group) is 1. The van der Waals surface area contributed by atoms with E-state index >= 15 is 0 Å². The average molecular weight is 487 g/mol. The molecule has 3 aromatic rings. The third-order valence-corrected chi connectivity index (χ3v) is 6.45. The number of aryl methyl sites for hydroxylation is 2. The molecular weight excluding hydrogens is 452 g/mol. The van der Waals surface area contributed by atoms with Crippen molar-refractivity contribution in [2.24, 2.45) is 0 Å². The van der Waals surface area contributed by atoms with Crippen LogP contribution in [-0.4, -0.2) is 47.7 Å². The number of ether oxygens (including phenoxy) is 1. The lowest BCUT2D eigenvalue weighted by molar-refractivity contribution is 0.156. The zero-order valence-electron chi connectivity index (χ0n) is 21.5. The summed E-state index contributed by atoms with van der Waals surface area (Å²) < 4.78 is 6.12. The van der Waals surface area contributed by atoms with Crippen LogP contribution < -0.4 is 15.1 Å². The molecule has 1 fully saturated rings. The SMILES string of the molecule is CCN(CC)CCOc1c(C)cc(Nc2ncc(C#N)c(N3OCCC3c3ccccc3)n2)cc1C. The molecule has 0 radical (unpaired) electrons. The summed E-state index contributed by atoms with van der Waals surface area (Å²) in [4.78, 5) is 17.3. The quantitative estimate of drug-likeness (QED) is 0.412. The topological polar surface area (TPSA) is 86.5 Å². The molecule has 2 aromatic carbocycles. The molecule has 0 amide bonds. The van der Waals surface area contributed by atoms with Crippen LogP contribution in [0.25, 0.3) is 0 Å². The van der Waals surface area contributed by atoms with Crippen LogP contribution in [0.3, 0.4) is 0 Å². The highest BCUT2D eigenvalue weighted by atomic mass is 16.7. The van der Waals surface area contributed by atoms with Crippen LogP contribution >= 0.6 is 0 Å². The Kier molecular flexibility index (Phi) is 8.36. The van der Waals surface area contributed by atoms with E-state index in [1.165, 1.54) is 0 Å². The van der Waals surface area contributed by atoms with Gasteiger partial charge in [0.15, 0.2) is 5.82 Å². The van der Waals surface area contributed by atoms with Crippen molar-refractivity contribution >= 4 is 17.5 Å². The van der Waals surface area contributed by atoms with E-state index in [-0.39, 0.29) is 6.04 Å². The van der Waals surface area contributed by atoms with Gasteiger partial charge in [-0.1, -0.05) is 44.2 Å². The summed E-state index contributed by atoms with van der Waals surface area (Å²) in [5.41, 5.74) is 4.43. The summed E-state index contributed by atoms with van der Waals surface area (Å²) in [6.07, 6.45) is 2.36. The Morgan fingerprint density at radius 2 is 1.89 bits per heavy atom. The van der Waals surface area contributed by atoms with Crippen molar-refractivity contribution in [3.05, 3.63) is 70.9 Å². The molecule has 36 heavy (non-hydrogen) atoms. The second-order valence-electron chi connectivity index (χ2n) is 8.86. The van der Waals surface area contributed by atoms with Crippen molar-refractivity contribution in [3.8, 4) is 11.8 Å². The average Bonchev–Trinajstić information content (AvgIpc) is 3.38. The Labute approximate surface area is 213 Å². The van der Waals surface area contributed by atoms with Gasteiger partial charge in [0.25, 0.3) is 0 Å². The molecule has 188 valence electrons. The maximum Gasteiger partial charge on any atom is 0.229 e. The number of nitrogens with zero attached hydrogens (tertiary/aromatic N) is 5. The highest BCUT2D eigenvalue weighted by Crippen LogP contribution is 2.36. The Morgan fingerprint density at radius 3 is 2.56 bits per heavy atom. The van der Waals surface area contributed by atoms with E-state index in [9.17, 15) is 5.26 Å². The minimum Gasteiger partial charge on any atom is -0.492 e. The number of nitrogens with one attached hydrogen (secondary N) is 1. The van der Waals surface area contributed by atoms with Crippen LogP contribution in [0.15, 0.2) is 48.7 Å². The Balaban J connectivity index is 1.53. The number of benzene rings is 2. The van der Waals surface area contributed by atoms with Crippen LogP contribution in [0.2, 0.25) is 0 Å². The fourth-order valence-electron chi connectivity index (χ4n) is 4.53. The molecule has 0 spiro atoms. The van der Waals surface area contributed by atoms with Gasteiger partial charge >= 0.3 is 0 Å². The van der Waals surface area contributed by atoms with Gasteiger partial charge in [0.2, 0.25) is 5.95 Å². The fourth-order valence-corrected chi connectivity index (χ4v) is 4.53. The highest BCUT2D eigenvalue weighted by Gasteiger charge is 2.31. The summed E-state index contributed by atoms with van der Waals surface area (Å²) in [5, 5.41) is 14.7. The fraction of sp³-hybridized carbons (Fsp3) is 0.393. The lowest BCUT2D eigenvalue weighted by atomic mass is 10.0. The Bertz CT molecular complexity index is 1180. The lowest BCUT2D eigenvalue weighted by Crippen LogP contribution is -2.28. The van der Waals surface area contributed by atoms with Crippen molar-refractivity contribution in [1.82, 2.24) is 14.9 Å². The maximum atomic E-state index is 9.71.